The van der Waals surface area contributed by atoms with Gasteiger partial charge in [0.05, 0.1) is 5.88 Å². The molecule has 0 atom stereocenters. The number of nitrogens with two attached hydrogens (primary N) is 2. The molecular weight excluding hydrogens is 361 g/mol. The van der Waals surface area contributed by atoms with Crippen LogP contribution in [0.2, 0.25) is 0 Å². The van der Waals surface area contributed by atoms with Crippen molar-refractivity contribution in [1.29, 1.82) is 0 Å². The maximum Gasteiger partial charge on any atom is 0.220 e. The Morgan fingerprint density at radius 2 is 2.00 bits per heavy atom. The molecule has 0 aromatic heterocycles. The molecule has 0 saturated carbocycles. The second kappa shape index (κ2) is 9.06. The Morgan fingerprint density at radius 3 is 2.64 bits per heavy atom. The van der Waals surface area contributed by atoms with Crippen LogP contribution in [0.5, 0.6) is 0 Å². The first-order valence-electron chi connectivity index (χ1n) is 8.00. The van der Waals surface area contributed by atoms with Gasteiger partial charge < -0.3 is 11.5 Å². The van der Waals surface area contributed by atoms with Crippen molar-refractivity contribution >= 4 is 47.4 Å². The van der Waals surface area contributed by atoms with E-state index in [4.69, 9.17) is 23.1 Å². The highest BCUT2D eigenvalue weighted by molar-refractivity contribution is 6.27. The molecule has 4 N–H and O–H groups in total. The first-order chi connectivity index (χ1) is 11.3. The van der Waals surface area contributed by atoms with Crippen LogP contribution in [0.1, 0.15) is 38.7 Å². The van der Waals surface area contributed by atoms with E-state index in [1.807, 2.05) is 30.9 Å². The lowest BCUT2D eigenvalue weighted by Crippen LogP contribution is -2.54. The molecule has 8 heteroatoms. The standard InChI is InChI=1S/C17H24ClN5O.ClH/c1-17(2)22-15(19)21-16(20)23(17)13-8-5-7-12(10-13)6-3-4-9-14(24)11-18;/h5,7-8,10H,3-4,6,9,11H2,1-2H3,(H4,19,20,21,22);1H. The van der Waals surface area contributed by atoms with Crippen LogP contribution < -0.4 is 16.4 Å². The fraction of sp³-hybridized carbons (Fsp3) is 0.471. The zero-order valence-corrected chi connectivity index (χ0v) is 16.1. The number of benzene rings is 1. The number of unbranched alkanes of at least 4 members (excludes halogenated alkanes) is 1. The van der Waals surface area contributed by atoms with Crippen molar-refractivity contribution in [2.24, 2.45) is 21.5 Å². The monoisotopic (exact) mass is 385 g/mol. The van der Waals surface area contributed by atoms with Crippen LogP contribution in [0.25, 0.3) is 0 Å². The Bertz CT molecular complexity index is 673. The van der Waals surface area contributed by atoms with Gasteiger partial charge in [-0.2, -0.15) is 4.99 Å². The molecule has 1 aliphatic rings. The molecule has 0 spiro atoms. The number of guanidine groups is 2. The third kappa shape index (κ3) is 5.61. The number of carbonyl (C=O) groups is 1. The number of aliphatic imine (C=N–C) groups is 2. The van der Waals surface area contributed by atoms with Gasteiger partial charge in [-0.15, -0.1) is 24.0 Å². The molecule has 1 aliphatic heterocycles. The van der Waals surface area contributed by atoms with Crippen molar-refractivity contribution in [3.63, 3.8) is 0 Å². The zero-order valence-electron chi connectivity index (χ0n) is 14.5. The Labute approximate surface area is 159 Å². The molecule has 1 aromatic rings. The summed E-state index contributed by atoms with van der Waals surface area (Å²) >= 11 is 5.51. The first kappa shape index (κ1) is 21.3. The van der Waals surface area contributed by atoms with E-state index in [0.717, 1.165) is 24.9 Å². The van der Waals surface area contributed by atoms with E-state index in [9.17, 15) is 4.79 Å². The number of Topliss-reactive ketones (excluding diaryl/α,β-unsaturated/α-hetero) is 1. The summed E-state index contributed by atoms with van der Waals surface area (Å²) in [6.45, 7) is 3.87. The molecular formula is C17H25Cl2N5O. The van der Waals surface area contributed by atoms with Gasteiger partial charge in [0, 0.05) is 12.1 Å². The second-order valence-electron chi connectivity index (χ2n) is 6.32. The minimum atomic E-state index is -0.596. The Hall–Kier alpha value is -1.79. The first-order valence-corrected chi connectivity index (χ1v) is 8.53. The number of carbonyl (C=O) groups excluding carboxylic acids is 1. The molecule has 0 aliphatic carbocycles. The molecule has 0 fully saturated rings. The fourth-order valence-corrected chi connectivity index (χ4v) is 2.95. The summed E-state index contributed by atoms with van der Waals surface area (Å²) in [4.78, 5) is 21.5. The SMILES string of the molecule is CC1(C)N=C(N)N=C(N)N1c1cccc(CCCCC(=O)CCl)c1.Cl. The lowest BCUT2D eigenvalue weighted by Gasteiger charge is -2.38. The van der Waals surface area contributed by atoms with E-state index in [-0.39, 0.29) is 30.0 Å². The average molecular weight is 386 g/mol. The van der Waals surface area contributed by atoms with E-state index in [2.05, 4.69) is 22.1 Å². The topological polar surface area (TPSA) is 97.1 Å². The Morgan fingerprint density at radius 1 is 1.28 bits per heavy atom. The van der Waals surface area contributed by atoms with Gasteiger partial charge in [0.2, 0.25) is 11.9 Å². The molecule has 1 aromatic carbocycles. The van der Waals surface area contributed by atoms with Gasteiger partial charge in [-0.1, -0.05) is 12.1 Å². The number of anilines is 1. The molecule has 0 bridgehead atoms. The lowest BCUT2D eigenvalue weighted by molar-refractivity contribution is -0.116. The van der Waals surface area contributed by atoms with Crippen molar-refractivity contribution in [3.8, 4) is 0 Å². The van der Waals surface area contributed by atoms with Gasteiger partial charge in [-0.05, 0) is 50.8 Å². The minimum absolute atomic E-state index is 0. The van der Waals surface area contributed by atoms with Crippen LogP contribution in [-0.2, 0) is 11.2 Å². The van der Waals surface area contributed by atoms with Crippen LogP contribution in [0.3, 0.4) is 0 Å². The van der Waals surface area contributed by atoms with Crippen molar-refractivity contribution < 1.29 is 4.79 Å². The van der Waals surface area contributed by atoms with Crippen LogP contribution in [0.15, 0.2) is 34.3 Å². The molecule has 0 radical (unpaired) electrons. The number of alkyl halides is 1. The molecule has 25 heavy (non-hydrogen) atoms. The van der Waals surface area contributed by atoms with Gasteiger partial charge in [0.15, 0.2) is 0 Å². The number of nitrogens with zero attached hydrogens (tertiary/aromatic N) is 3. The third-order valence-corrected chi connectivity index (χ3v) is 4.18. The third-order valence-electron chi connectivity index (χ3n) is 3.88. The molecule has 138 valence electrons. The van der Waals surface area contributed by atoms with Crippen LogP contribution in [-0.4, -0.2) is 29.2 Å². The Balaban J connectivity index is 0.00000312. The molecule has 0 saturated heterocycles. The maximum atomic E-state index is 11.2. The summed E-state index contributed by atoms with van der Waals surface area (Å²) in [5.74, 6) is 0.716. The van der Waals surface area contributed by atoms with E-state index >= 15 is 0 Å². The van der Waals surface area contributed by atoms with Crippen molar-refractivity contribution in [2.45, 2.75) is 45.2 Å². The minimum Gasteiger partial charge on any atom is -0.369 e. The summed E-state index contributed by atoms with van der Waals surface area (Å²) in [5, 5.41) is 0. The van der Waals surface area contributed by atoms with E-state index in [1.54, 1.807) is 0 Å². The molecule has 6 nitrogen and oxygen atoms in total. The summed E-state index contributed by atoms with van der Waals surface area (Å²) in [6.07, 6.45) is 3.20. The summed E-state index contributed by atoms with van der Waals surface area (Å²) in [6, 6.07) is 8.10. The number of hydrogen-bond donors (Lipinski definition) is 2. The highest BCUT2D eigenvalue weighted by Gasteiger charge is 2.32. The fourth-order valence-electron chi connectivity index (χ4n) is 2.82. The van der Waals surface area contributed by atoms with Gasteiger partial charge in [-0.3, -0.25) is 9.69 Å². The number of hydrogen-bond acceptors (Lipinski definition) is 6. The van der Waals surface area contributed by atoms with Gasteiger partial charge in [0.1, 0.15) is 11.4 Å². The Kier molecular flexibility index (Phi) is 7.70. The summed E-state index contributed by atoms with van der Waals surface area (Å²) in [5.41, 5.74) is 13.3. The quantitative estimate of drug-likeness (QED) is 0.556. The second-order valence-corrected chi connectivity index (χ2v) is 6.59. The van der Waals surface area contributed by atoms with Crippen molar-refractivity contribution in [1.82, 2.24) is 0 Å². The molecule has 0 amide bonds. The summed E-state index contributed by atoms with van der Waals surface area (Å²) < 4.78 is 0. The van der Waals surface area contributed by atoms with E-state index in [0.29, 0.717) is 12.4 Å². The molecule has 2 rings (SSSR count). The smallest absolute Gasteiger partial charge is 0.220 e. The molecule has 0 unspecified atom stereocenters. The number of ketones is 1. The van der Waals surface area contributed by atoms with E-state index < -0.39 is 5.66 Å². The zero-order chi connectivity index (χ0) is 17.7. The van der Waals surface area contributed by atoms with Crippen LogP contribution in [0, 0.1) is 0 Å². The number of rotatable bonds is 7. The average Bonchev–Trinajstić information content (AvgIpc) is 2.49. The normalized spacial score (nSPS) is 15.9. The van der Waals surface area contributed by atoms with Gasteiger partial charge in [0.25, 0.3) is 0 Å². The van der Waals surface area contributed by atoms with Crippen LogP contribution >= 0.6 is 24.0 Å². The largest absolute Gasteiger partial charge is 0.369 e. The highest BCUT2D eigenvalue weighted by atomic mass is 35.5. The van der Waals surface area contributed by atoms with Crippen molar-refractivity contribution in [2.75, 3.05) is 10.8 Å². The molecule has 1 heterocycles. The van der Waals surface area contributed by atoms with E-state index in [1.165, 1.54) is 5.56 Å². The summed E-state index contributed by atoms with van der Waals surface area (Å²) in [7, 11) is 0. The number of aryl methyl sites for hydroxylation is 1. The van der Waals surface area contributed by atoms with Crippen molar-refractivity contribution in [3.05, 3.63) is 29.8 Å². The lowest BCUT2D eigenvalue weighted by atomic mass is 10.0. The highest BCUT2D eigenvalue weighted by Crippen LogP contribution is 2.28. The van der Waals surface area contributed by atoms with Gasteiger partial charge in [-0.25, -0.2) is 4.99 Å². The number of halogens is 2. The maximum absolute atomic E-state index is 11.2. The van der Waals surface area contributed by atoms with Gasteiger partial charge >= 0.3 is 0 Å². The predicted octanol–water partition coefficient (Wildman–Crippen LogP) is 2.81. The predicted molar refractivity (Wildman–Crippen MR) is 107 cm³/mol. The van der Waals surface area contributed by atoms with Crippen LogP contribution in [0.4, 0.5) is 5.69 Å².